The molecule has 0 amide bonds. The largest absolute Gasteiger partial charge is 0.486 e. The molecule has 3 aliphatic rings. The van der Waals surface area contributed by atoms with Crippen LogP contribution in [-0.2, 0) is 0 Å². The molecule has 3 heterocycles. The number of hydrogen-bond acceptors (Lipinski definition) is 3. The zero-order valence-electron chi connectivity index (χ0n) is 12.0. The number of piperidine rings is 1. The molecular weight excluding hydrogens is 250 g/mol. The topological polar surface area (TPSA) is 21.7 Å². The van der Waals surface area contributed by atoms with Crippen molar-refractivity contribution in [3.05, 3.63) is 29.8 Å². The van der Waals surface area contributed by atoms with E-state index >= 15 is 0 Å². The fourth-order valence-corrected chi connectivity index (χ4v) is 3.70. The van der Waals surface area contributed by atoms with Crippen molar-refractivity contribution in [2.75, 3.05) is 20.3 Å². The van der Waals surface area contributed by atoms with Gasteiger partial charge in [-0.25, -0.2) is 0 Å². The molecule has 3 aliphatic heterocycles. The van der Waals surface area contributed by atoms with Gasteiger partial charge >= 0.3 is 0 Å². The fraction of sp³-hybridized carbons (Fsp3) is 0.529. The number of nitrogens with zero attached hydrogens (tertiary/aromatic N) is 1. The number of benzene rings is 1. The van der Waals surface area contributed by atoms with Crippen LogP contribution >= 0.6 is 0 Å². The minimum absolute atomic E-state index is 0.616. The van der Waals surface area contributed by atoms with Gasteiger partial charge in [0.2, 0.25) is 0 Å². The van der Waals surface area contributed by atoms with Crippen LogP contribution in [0.1, 0.15) is 31.2 Å². The van der Waals surface area contributed by atoms with Gasteiger partial charge in [0.15, 0.2) is 11.5 Å². The summed E-state index contributed by atoms with van der Waals surface area (Å²) in [6.45, 7) is 1.31. The van der Waals surface area contributed by atoms with Crippen molar-refractivity contribution in [2.45, 2.75) is 37.8 Å². The summed E-state index contributed by atoms with van der Waals surface area (Å²) in [6.07, 6.45) is 7.61. The van der Waals surface area contributed by atoms with E-state index in [1.165, 1.54) is 30.4 Å². The molecule has 3 nitrogen and oxygen atoms in total. The first-order valence-electron chi connectivity index (χ1n) is 7.64. The zero-order valence-corrected chi connectivity index (χ0v) is 12.0. The van der Waals surface area contributed by atoms with Crippen LogP contribution in [0.4, 0.5) is 0 Å². The van der Waals surface area contributed by atoms with E-state index in [9.17, 15) is 0 Å². The summed E-state index contributed by atoms with van der Waals surface area (Å²) in [5.41, 5.74) is 2.79. The van der Waals surface area contributed by atoms with Crippen molar-refractivity contribution < 1.29 is 9.47 Å². The maximum atomic E-state index is 5.71. The summed E-state index contributed by atoms with van der Waals surface area (Å²) in [7, 11) is 2.27. The lowest BCUT2D eigenvalue weighted by atomic mass is 9.83. The highest BCUT2D eigenvalue weighted by molar-refractivity contribution is 5.70. The maximum Gasteiger partial charge on any atom is 0.161 e. The number of hydrogen-bond donors (Lipinski definition) is 0. The Kier molecular flexibility index (Phi) is 2.95. The summed E-state index contributed by atoms with van der Waals surface area (Å²) in [5.74, 6) is 1.78. The van der Waals surface area contributed by atoms with Gasteiger partial charge in [0.1, 0.15) is 13.2 Å². The second kappa shape index (κ2) is 4.81. The Morgan fingerprint density at radius 3 is 2.80 bits per heavy atom. The highest BCUT2D eigenvalue weighted by atomic mass is 16.6. The molecular formula is C17H21NO2. The molecule has 1 aromatic carbocycles. The van der Waals surface area contributed by atoms with Gasteiger partial charge in [0.05, 0.1) is 0 Å². The lowest BCUT2D eigenvalue weighted by Gasteiger charge is -2.43. The number of likely N-dealkylation sites (N-methyl/N-ethyl adjacent to an activating group) is 1. The van der Waals surface area contributed by atoms with Crippen LogP contribution in [0, 0.1) is 0 Å². The molecule has 2 unspecified atom stereocenters. The van der Waals surface area contributed by atoms with Gasteiger partial charge < -0.3 is 9.47 Å². The van der Waals surface area contributed by atoms with Crippen LogP contribution in [0.5, 0.6) is 11.5 Å². The molecule has 0 aromatic heterocycles. The average molecular weight is 271 g/mol. The van der Waals surface area contributed by atoms with Gasteiger partial charge in [0.25, 0.3) is 0 Å². The van der Waals surface area contributed by atoms with Crippen LogP contribution in [0.25, 0.3) is 5.57 Å². The van der Waals surface area contributed by atoms with Gasteiger partial charge in [-0.2, -0.15) is 0 Å². The standard InChI is InChI=1S/C17H21NO2/c1-18-14-3-2-4-15(18)10-13(9-14)12-5-6-16-17(11-12)20-8-7-19-16/h5-6,9,11,14-15H,2-4,7-8,10H2,1H3. The average Bonchev–Trinajstić information content (AvgIpc) is 2.46. The first-order valence-corrected chi connectivity index (χ1v) is 7.64. The smallest absolute Gasteiger partial charge is 0.161 e. The molecule has 106 valence electrons. The Morgan fingerprint density at radius 2 is 1.95 bits per heavy atom. The van der Waals surface area contributed by atoms with Crippen molar-refractivity contribution in [1.82, 2.24) is 4.90 Å². The van der Waals surface area contributed by atoms with Crippen LogP contribution < -0.4 is 9.47 Å². The van der Waals surface area contributed by atoms with Gasteiger partial charge in [-0.05, 0) is 49.6 Å². The van der Waals surface area contributed by atoms with Crippen molar-refractivity contribution in [3.63, 3.8) is 0 Å². The Labute approximate surface area is 120 Å². The van der Waals surface area contributed by atoms with E-state index in [1.807, 2.05) is 0 Å². The van der Waals surface area contributed by atoms with Gasteiger partial charge in [0, 0.05) is 12.1 Å². The van der Waals surface area contributed by atoms with E-state index in [0.29, 0.717) is 25.3 Å². The van der Waals surface area contributed by atoms with Crippen LogP contribution in [0.15, 0.2) is 24.3 Å². The Bertz CT molecular complexity index is 552. The highest BCUT2D eigenvalue weighted by Crippen LogP contribution is 2.39. The normalized spacial score (nSPS) is 28.9. The Balaban J connectivity index is 1.67. The highest BCUT2D eigenvalue weighted by Gasteiger charge is 2.31. The summed E-state index contributed by atoms with van der Waals surface area (Å²) in [6, 6.07) is 7.72. The molecule has 2 atom stereocenters. The van der Waals surface area contributed by atoms with E-state index in [1.54, 1.807) is 0 Å². The molecule has 4 rings (SSSR count). The van der Waals surface area contributed by atoms with E-state index in [0.717, 1.165) is 17.9 Å². The van der Waals surface area contributed by atoms with E-state index in [4.69, 9.17) is 9.47 Å². The van der Waals surface area contributed by atoms with E-state index < -0.39 is 0 Å². The SMILES string of the molecule is CN1C2C=C(c3ccc4c(c3)OCCO4)CC1CCC2. The third-order valence-electron chi connectivity index (χ3n) is 4.90. The molecule has 1 aromatic rings. The van der Waals surface area contributed by atoms with Crippen molar-refractivity contribution in [3.8, 4) is 11.5 Å². The molecule has 0 N–H and O–H groups in total. The summed E-state index contributed by atoms with van der Waals surface area (Å²) in [5, 5.41) is 0. The third-order valence-corrected chi connectivity index (χ3v) is 4.90. The van der Waals surface area contributed by atoms with Crippen LogP contribution in [0.2, 0.25) is 0 Å². The van der Waals surface area contributed by atoms with Crippen LogP contribution in [-0.4, -0.2) is 37.2 Å². The molecule has 0 saturated carbocycles. The molecule has 2 bridgehead atoms. The second-order valence-corrected chi connectivity index (χ2v) is 6.07. The first-order chi connectivity index (χ1) is 9.81. The molecule has 1 saturated heterocycles. The van der Waals surface area contributed by atoms with Crippen LogP contribution in [0.3, 0.4) is 0 Å². The molecule has 3 heteroatoms. The molecule has 0 radical (unpaired) electrons. The lowest BCUT2D eigenvalue weighted by Crippen LogP contribution is -2.45. The van der Waals surface area contributed by atoms with Gasteiger partial charge in [-0.15, -0.1) is 0 Å². The van der Waals surface area contributed by atoms with Gasteiger partial charge in [-0.1, -0.05) is 18.6 Å². The van der Waals surface area contributed by atoms with Crippen molar-refractivity contribution in [2.24, 2.45) is 0 Å². The van der Waals surface area contributed by atoms with E-state index in [-0.39, 0.29) is 0 Å². The number of fused-ring (bicyclic) bond motifs is 3. The monoisotopic (exact) mass is 271 g/mol. The minimum atomic E-state index is 0.616. The van der Waals surface area contributed by atoms with Crippen molar-refractivity contribution in [1.29, 1.82) is 0 Å². The fourth-order valence-electron chi connectivity index (χ4n) is 3.70. The summed E-state index contributed by atoms with van der Waals surface area (Å²) < 4.78 is 11.3. The zero-order chi connectivity index (χ0) is 13.5. The lowest BCUT2D eigenvalue weighted by molar-refractivity contribution is 0.137. The van der Waals surface area contributed by atoms with E-state index in [2.05, 4.69) is 36.2 Å². The van der Waals surface area contributed by atoms with Crippen molar-refractivity contribution >= 4 is 5.57 Å². The number of ether oxygens (including phenoxy) is 2. The maximum absolute atomic E-state index is 5.71. The first kappa shape index (κ1) is 12.3. The second-order valence-electron chi connectivity index (χ2n) is 6.07. The Morgan fingerprint density at radius 1 is 1.10 bits per heavy atom. The van der Waals surface area contributed by atoms with Gasteiger partial charge in [-0.3, -0.25) is 4.90 Å². The number of rotatable bonds is 1. The molecule has 0 aliphatic carbocycles. The quantitative estimate of drug-likeness (QED) is 0.783. The minimum Gasteiger partial charge on any atom is -0.486 e. The molecule has 0 spiro atoms. The summed E-state index contributed by atoms with van der Waals surface area (Å²) >= 11 is 0. The molecule has 1 fully saturated rings. The summed E-state index contributed by atoms with van der Waals surface area (Å²) in [4.78, 5) is 2.55. The predicted octanol–water partition coefficient (Wildman–Crippen LogP) is 3.10. The third kappa shape index (κ3) is 2.01. The molecule has 20 heavy (non-hydrogen) atoms. The Hall–Kier alpha value is -1.48. The predicted molar refractivity (Wildman–Crippen MR) is 79.2 cm³/mol.